The van der Waals surface area contributed by atoms with Crippen LogP contribution in [0.2, 0.25) is 0 Å². The number of carbonyl (C=O) groups excluding carboxylic acids is 1. The van der Waals surface area contributed by atoms with Crippen molar-refractivity contribution in [1.82, 2.24) is 14.7 Å². The van der Waals surface area contributed by atoms with Crippen LogP contribution >= 0.6 is 0 Å². The lowest BCUT2D eigenvalue weighted by atomic mass is 10.2. The van der Waals surface area contributed by atoms with E-state index in [0.29, 0.717) is 18.8 Å². The van der Waals surface area contributed by atoms with Gasteiger partial charge in [0.2, 0.25) is 0 Å². The number of aryl methyl sites for hydroxylation is 1. The van der Waals surface area contributed by atoms with Crippen molar-refractivity contribution in [2.75, 3.05) is 0 Å². The number of benzene rings is 2. The Hall–Kier alpha value is -3.60. The first-order chi connectivity index (χ1) is 13.7. The van der Waals surface area contributed by atoms with Crippen molar-refractivity contribution in [3.05, 3.63) is 108 Å². The van der Waals surface area contributed by atoms with Gasteiger partial charge in [-0.2, -0.15) is 5.10 Å². The average molecular weight is 371 g/mol. The lowest BCUT2D eigenvalue weighted by molar-refractivity contribution is 0.0711. The second-order valence-corrected chi connectivity index (χ2v) is 6.64. The molecule has 0 bridgehead atoms. The van der Waals surface area contributed by atoms with Crippen LogP contribution in [0.5, 0.6) is 0 Å². The molecule has 0 aliphatic carbocycles. The highest BCUT2D eigenvalue weighted by Crippen LogP contribution is 2.17. The van der Waals surface area contributed by atoms with Gasteiger partial charge in [0.1, 0.15) is 5.76 Å². The van der Waals surface area contributed by atoms with Crippen molar-refractivity contribution < 1.29 is 9.21 Å². The van der Waals surface area contributed by atoms with E-state index < -0.39 is 0 Å². The zero-order valence-corrected chi connectivity index (χ0v) is 15.7. The Bertz CT molecular complexity index is 1040. The zero-order chi connectivity index (χ0) is 19.3. The van der Waals surface area contributed by atoms with Gasteiger partial charge in [0.15, 0.2) is 5.69 Å². The molecule has 0 spiro atoms. The van der Waals surface area contributed by atoms with Crippen molar-refractivity contribution in [2.45, 2.75) is 20.0 Å². The van der Waals surface area contributed by atoms with Gasteiger partial charge in [-0.25, -0.2) is 4.68 Å². The zero-order valence-electron chi connectivity index (χ0n) is 15.7. The van der Waals surface area contributed by atoms with Crippen molar-refractivity contribution >= 4 is 5.91 Å². The standard InChI is InChI=1S/C23H21N3O2/c1-18-15-22(24-26(18)20-11-6-3-7-12-20)23(27)25(17-21-13-8-14-28-21)16-19-9-4-2-5-10-19/h2-15H,16-17H2,1H3. The molecule has 0 radical (unpaired) electrons. The van der Waals surface area contributed by atoms with Gasteiger partial charge in [-0.1, -0.05) is 48.5 Å². The molecule has 5 nitrogen and oxygen atoms in total. The van der Waals surface area contributed by atoms with E-state index in [9.17, 15) is 4.79 Å². The number of hydrogen-bond acceptors (Lipinski definition) is 3. The Morgan fingerprint density at radius 1 is 0.964 bits per heavy atom. The highest BCUT2D eigenvalue weighted by molar-refractivity contribution is 5.92. The summed E-state index contributed by atoms with van der Waals surface area (Å²) in [6.45, 7) is 2.82. The van der Waals surface area contributed by atoms with Crippen LogP contribution < -0.4 is 0 Å². The first kappa shape index (κ1) is 17.8. The smallest absolute Gasteiger partial charge is 0.275 e. The third-order valence-electron chi connectivity index (χ3n) is 4.54. The van der Waals surface area contributed by atoms with E-state index in [4.69, 9.17) is 4.42 Å². The molecule has 0 fully saturated rings. The Labute approximate surface area is 163 Å². The second-order valence-electron chi connectivity index (χ2n) is 6.64. The fraction of sp³-hybridized carbons (Fsp3) is 0.130. The number of aromatic nitrogens is 2. The molecule has 4 aromatic rings. The Morgan fingerprint density at radius 2 is 1.68 bits per heavy atom. The van der Waals surface area contributed by atoms with Crippen molar-refractivity contribution in [3.8, 4) is 5.69 Å². The van der Waals surface area contributed by atoms with Gasteiger partial charge in [0.05, 0.1) is 18.5 Å². The third kappa shape index (κ3) is 3.88. The molecule has 0 saturated heterocycles. The monoisotopic (exact) mass is 371 g/mol. The molecule has 1 amide bonds. The minimum atomic E-state index is -0.127. The molecular weight excluding hydrogens is 350 g/mol. The van der Waals surface area contributed by atoms with Crippen molar-refractivity contribution in [2.24, 2.45) is 0 Å². The Morgan fingerprint density at radius 3 is 2.36 bits per heavy atom. The SMILES string of the molecule is Cc1cc(C(=O)N(Cc2ccccc2)Cc2ccco2)nn1-c1ccccc1. The first-order valence-electron chi connectivity index (χ1n) is 9.18. The second kappa shape index (κ2) is 7.96. The van der Waals surface area contributed by atoms with Gasteiger partial charge in [-0.3, -0.25) is 4.79 Å². The van der Waals surface area contributed by atoms with E-state index in [2.05, 4.69) is 5.10 Å². The van der Waals surface area contributed by atoms with Gasteiger partial charge in [-0.15, -0.1) is 0 Å². The number of para-hydroxylation sites is 1. The van der Waals surface area contributed by atoms with Crippen LogP contribution in [0.1, 0.15) is 27.5 Å². The molecule has 0 saturated carbocycles. The molecule has 5 heteroatoms. The molecule has 0 N–H and O–H groups in total. The van der Waals surface area contributed by atoms with Gasteiger partial charge >= 0.3 is 0 Å². The number of carbonyl (C=O) groups is 1. The topological polar surface area (TPSA) is 51.3 Å². The van der Waals surface area contributed by atoms with E-state index in [-0.39, 0.29) is 5.91 Å². The molecule has 0 atom stereocenters. The summed E-state index contributed by atoms with van der Waals surface area (Å²) >= 11 is 0. The van der Waals surface area contributed by atoms with E-state index in [1.54, 1.807) is 15.8 Å². The normalized spacial score (nSPS) is 10.8. The third-order valence-corrected chi connectivity index (χ3v) is 4.54. The molecule has 4 rings (SSSR count). The lowest BCUT2D eigenvalue weighted by Crippen LogP contribution is -2.30. The molecule has 28 heavy (non-hydrogen) atoms. The summed E-state index contributed by atoms with van der Waals surface area (Å²) in [5.41, 5.74) is 3.32. The molecule has 140 valence electrons. The van der Waals surface area contributed by atoms with E-state index in [1.165, 1.54) is 0 Å². The number of rotatable bonds is 6. The van der Waals surface area contributed by atoms with E-state index in [1.807, 2.05) is 85.8 Å². The van der Waals surface area contributed by atoms with Crippen molar-refractivity contribution in [3.63, 3.8) is 0 Å². The Balaban J connectivity index is 1.63. The fourth-order valence-corrected chi connectivity index (χ4v) is 3.17. The number of nitrogens with zero attached hydrogens (tertiary/aromatic N) is 3. The molecular formula is C23H21N3O2. The predicted octanol–water partition coefficient (Wildman–Crippen LogP) is 4.62. The van der Waals surface area contributed by atoms with E-state index in [0.717, 1.165) is 22.7 Å². The largest absolute Gasteiger partial charge is 0.467 e. The van der Waals surface area contributed by atoms with Crippen LogP contribution in [-0.2, 0) is 13.1 Å². The molecule has 0 aliphatic heterocycles. The molecule has 2 aromatic heterocycles. The minimum Gasteiger partial charge on any atom is -0.467 e. The summed E-state index contributed by atoms with van der Waals surface area (Å²) in [5, 5.41) is 4.57. The van der Waals surface area contributed by atoms with Crippen LogP contribution in [0.25, 0.3) is 5.69 Å². The maximum atomic E-state index is 13.3. The van der Waals surface area contributed by atoms with Crippen LogP contribution in [0.15, 0.2) is 89.5 Å². The molecule has 2 heterocycles. The molecule has 2 aromatic carbocycles. The minimum absolute atomic E-state index is 0.127. The summed E-state index contributed by atoms with van der Waals surface area (Å²) in [6, 6.07) is 25.3. The number of furan rings is 1. The lowest BCUT2D eigenvalue weighted by Gasteiger charge is -2.21. The van der Waals surface area contributed by atoms with Gasteiger partial charge in [0, 0.05) is 12.2 Å². The maximum absolute atomic E-state index is 13.3. The van der Waals surface area contributed by atoms with Gasteiger partial charge in [-0.05, 0) is 42.8 Å². The van der Waals surface area contributed by atoms with Crippen LogP contribution in [-0.4, -0.2) is 20.6 Å². The van der Waals surface area contributed by atoms with Crippen LogP contribution in [0.3, 0.4) is 0 Å². The van der Waals surface area contributed by atoms with Crippen LogP contribution in [0.4, 0.5) is 0 Å². The van der Waals surface area contributed by atoms with Crippen molar-refractivity contribution in [1.29, 1.82) is 0 Å². The van der Waals surface area contributed by atoms with Gasteiger partial charge in [0.25, 0.3) is 5.91 Å². The predicted molar refractivity (Wildman–Crippen MR) is 107 cm³/mol. The summed E-state index contributed by atoms with van der Waals surface area (Å²) in [7, 11) is 0. The number of amides is 1. The molecule has 0 unspecified atom stereocenters. The first-order valence-corrected chi connectivity index (χ1v) is 9.18. The fourth-order valence-electron chi connectivity index (χ4n) is 3.17. The molecule has 0 aliphatic rings. The summed E-state index contributed by atoms with van der Waals surface area (Å²) in [6.07, 6.45) is 1.62. The highest BCUT2D eigenvalue weighted by Gasteiger charge is 2.21. The Kier molecular flexibility index (Phi) is 5.06. The summed E-state index contributed by atoms with van der Waals surface area (Å²) < 4.78 is 7.26. The summed E-state index contributed by atoms with van der Waals surface area (Å²) in [5.74, 6) is 0.613. The summed E-state index contributed by atoms with van der Waals surface area (Å²) in [4.78, 5) is 15.0. The maximum Gasteiger partial charge on any atom is 0.275 e. The quantitative estimate of drug-likeness (QED) is 0.497. The number of hydrogen-bond donors (Lipinski definition) is 0. The van der Waals surface area contributed by atoms with E-state index >= 15 is 0 Å². The van der Waals surface area contributed by atoms with Gasteiger partial charge < -0.3 is 9.32 Å². The average Bonchev–Trinajstić information content (AvgIpc) is 3.38. The highest BCUT2D eigenvalue weighted by atomic mass is 16.3. The van der Waals surface area contributed by atoms with Crippen LogP contribution in [0, 0.1) is 6.92 Å².